The fourth-order valence-electron chi connectivity index (χ4n) is 4.43. The lowest BCUT2D eigenvalue weighted by atomic mass is 10.2. The topological polar surface area (TPSA) is 74.8 Å². The Hall–Kier alpha value is -3.94. The van der Waals surface area contributed by atoms with Gasteiger partial charge in [0.1, 0.15) is 22.5 Å². The van der Waals surface area contributed by atoms with Gasteiger partial charge in [0.05, 0.1) is 35.4 Å². The number of aromatic nitrogens is 5. The van der Waals surface area contributed by atoms with Gasteiger partial charge in [0, 0.05) is 5.02 Å². The molecule has 0 unspecified atom stereocenters. The average molecular weight is 516 g/mol. The first kappa shape index (κ1) is 22.5. The largest absolute Gasteiger partial charge is 0.495 e. The zero-order valence-electron chi connectivity index (χ0n) is 19.4. The summed E-state index contributed by atoms with van der Waals surface area (Å²) in [6.07, 6.45) is 0. The van der Waals surface area contributed by atoms with Gasteiger partial charge in [-0.25, -0.2) is 15.0 Å². The molecule has 0 aliphatic rings. The summed E-state index contributed by atoms with van der Waals surface area (Å²) in [7, 11) is 1.56. The first-order chi connectivity index (χ1) is 17.4. The van der Waals surface area contributed by atoms with Crippen LogP contribution in [0.2, 0.25) is 10.0 Å². The average Bonchev–Trinajstić information content (AvgIpc) is 3.18. The lowest BCUT2D eigenvalue weighted by Crippen LogP contribution is -2.24. The predicted molar refractivity (Wildman–Crippen MR) is 143 cm³/mol. The summed E-state index contributed by atoms with van der Waals surface area (Å²) >= 11 is 12.5. The number of aryl methyl sites for hydroxylation is 1. The van der Waals surface area contributed by atoms with Crippen molar-refractivity contribution >= 4 is 56.4 Å². The third kappa shape index (κ3) is 3.59. The molecule has 3 heterocycles. The fourth-order valence-corrected chi connectivity index (χ4v) is 4.81. The Morgan fingerprint density at radius 2 is 1.61 bits per heavy atom. The van der Waals surface area contributed by atoms with Gasteiger partial charge in [-0.05, 0) is 55.0 Å². The molecule has 36 heavy (non-hydrogen) atoms. The quantitative estimate of drug-likeness (QED) is 0.289. The van der Waals surface area contributed by atoms with Gasteiger partial charge in [-0.1, -0.05) is 47.5 Å². The Kier molecular flexibility index (Phi) is 5.39. The number of hydrogen-bond acceptors (Lipinski definition) is 5. The van der Waals surface area contributed by atoms with Crippen molar-refractivity contribution in [1.29, 1.82) is 0 Å². The van der Waals surface area contributed by atoms with Crippen LogP contribution in [0.3, 0.4) is 0 Å². The summed E-state index contributed by atoms with van der Waals surface area (Å²) in [5, 5.41) is 1.47. The molecule has 6 rings (SSSR count). The Bertz CT molecular complexity index is 1860. The zero-order chi connectivity index (χ0) is 25.0. The highest BCUT2D eigenvalue weighted by atomic mass is 35.5. The van der Waals surface area contributed by atoms with Crippen LogP contribution in [0, 0.1) is 6.92 Å². The second-order valence-electron chi connectivity index (χ2n) is 8.41. The number of halogens is 2. The Labute approximate surface area is 215 Å². The first-order valence-electron chi connectivity index (χ1n) is 11.2. The lowest BCUT2D eigenvalue weighted by Gasteiger charge is -2.12. The number of nitrogens with zero attached hydrogens (tertiary/aromatic N) is 5. The van der Waals surface area contributed by atoms with E-state index in [0.29, 0.717) is 67.1 Å². The van der Waals surface area contributed by atoms with Crippen LogP contribution in [0.5, 0.6) is 5.75 Å². The van der Waals surface area contributed by atoms with E-state index < -0.39 is 0 Å². The first-order valence-corrected chi connectivity index (χ1v) is 12.0. The molecule has 0 N–H and O–H groups in total. The van der Waals surface area contributed by atoms with Crippen molar-refractivity contribution in [1.82, 2.24) is 24.1 Å². The van der Waals surface area contributed by atoms with Crippen molar-refractivity contribution in [2.24, 2.45) is 0 Å². The molecular weight excluding hydrogens is 497 g/mol. The van der Waals surface area contributed by atoms with Crippen molar-refractivity contribution in [3.8, 4) is 11.4 Å². The highest BCUT2D eigenvalue weighted by molar-refractivity contribution is 6.32. The molecule has 0 aliphatic carbocycles. The molecule has 7 nitrogen and oxygen atoms in total. The highest BCUT2D eigenvalue weighted by Crippen LogP contribution is 2.32. The van der Waals surface area contributed by atoms with E-state index in [-0.39, 0.29) is 5.56 Å². The maximum absolute atomic E-state index is 14.0. The summed E-state index contributed by atoms with van der Waals surface area (Å²) in [5.41, 5.74) is 4.33. The summed E-state index contributed by atoms with van der Waals surface area (Å²) in [5.74, 6) is 1.11. The third-order valence-electron chi connectivity index (χ3n) is 6.20. The van der Waals surface area contributed by atoms with Gasteiger partial charge in [0.25, 0.3) is 5.56 Å². The van der Waals surface area contributed by atoms with Crippen molar-refractivity contribution in [3.63, 3.8) is 0 Å². The molecule has 0 fully saturated rings. The van der Waals surface area contributed by atoms with Crippen LogP contribution >= 0.6 is 23.2 Å². The van der Waals surface area contributed by atoms with Gasteiger partial charge in [0.15, 0.2) is 11.3 Å². The van der Waals surface area contributed by atoms with Crippen molar-refractivity contribution < 1.29 is 4.74 Å². The summed E-state index contributed by atoms with van der Waals surface area (Å²) in [6.45, 7) is 2.17. The minimum Gasteiger partial charge on any atom is -0.495 e. The van der Waals surface area contributed by atoms with Crippen molar-refractivity contribution in [3.05, 3.63) is 98.5 Å². The molecular formula is C27H19Cl2N5O2. The van der Waals surface area contributed by atoms with Gasteiger partial charge in [0.2, 0.25) is 0 Å². The van der Waals surface area contributed by atoms with E-state index in [9.17, 15) is 4.79 Å². The Morgan fingerprint density at radius 1 is 0.889 bits per heavy atom. The van der Waals surface area contributed by atoms with Gasteiger partial charge in [-0.2, -0.15) is 0 Å². The second-order valence-corrected chi connectivity index (χ2v) is 9.26. The van der Waals surface area contributed by atoms with E-state index in [0.717, 1.165) is 5.56 Å². The summed E-state index contributed by atoms with van der Waals surface area (Å²) in [6, 6.07) is 20.4. The van der Waals surface area contributed by atoms with E-state index in [1.165, 1.54) is 0 Å². The maximum Gasteiger partial charge on any atom is 0.265 e. The van der Waals surface area contributed by atoms with Crippen molar-refractivity contribution in [2.45, 2.75) is 13.5 Å². The molecule has 0 radical (unpaired) electrons. The maximum atomic E-state index is 14.0. The highest BCUT2D eigenvalue weighted by Gasteiger charge is 2.22. The van der Waals surface area contributed by atoms with Gasteiger partial charge in [-0.3, -0.25) is 13.9 Å². The monoisotopic (exact) mass is 515 g/mol. The second kappa shape index (κ2) is 8.62. The molecule has 178 valence electrons. The predicted octanol–water partition coefficient (Wildman–Crippen LogP) is 5.96. The summed E-state index contributed by atoms with van der Waals surface area (Å²) < 4.78 is 8.80. The molecule has 9 heteroatoms. The van der Waals surface area contributed by atoms with Crippen LogP contribution in [0.4, 0.5) is 0 Å². The standard InChI is InChI=1S/C27H19Cl2N5O2/c1-15-30-25-23(27(35)33(15)14-16-7-9-17(28)10-8-16)24-26(32-21-6-4-3-5-20(21)31-24)34(25)18-11-12-22(36-2)19(29)13-18/h3-13H,14H2,1-2H3. The zero-order valence-corrected chi connectivity index (χ0v) is 20.9. The minimum absolute atomic E-state index is 0.194. The molecule has 0 saturated carbocycles. The van der Waals surface area contributed by atoms with E-state index >= 15 is 0 Å². The van der Waals surface area contributed by atoms with Gasteiger partial charge >= 0.3 is 0 Å². The fraction of sp³-hybridized carbons (Fsp3) is 0.111. The number of benzene rings is 3. The smallest absolute Gasteiger partial charge is 0.265 e. The molecule has 0 aliphatic heterocycles. The van der Waals surface area contributed by atoms with Crippen LogP contribution in [0.25, 0.3) is 38.9 Å². The molecule has 0 bridgehead atoms. The lowest BCUT2D eigenvalue weighted by molar-refractivity contribution is 0.415. The molecule has 0 saturated heterocycles. The molecule has 3 aromatic carbocycles. The molecule has 0 spiro atoms. The van der Waals surface area contributed by atoms with Crippen LogP contribution in [-0.4, -0.2) is 31.2 Å². The van der Waals surface area contributed by atoms with E-state index in [1.54, 1.807) is 35.9 Å². The number of rotatable bonds is 4. The number of para-hydroxylation sites is 2. The minimum atomic E-state index is -0.194. The normalized spacial score (nSPS) is 11.6. The number of ether oxygens (including phenoxy) is 1. The number of methoxy groups -OCH3 is 1. The molecule has 3 aromatic heterocycles. The Morgan fingerprint density at radius 3 is 2.31 bits per heavy atom. The number of hydrogen-bond donors (Lipinski definition) is 0. The van der Waals surface area contributed by atoms with Crippen molar-refractivity contribution in [2.75, 3.05) is 7.11 Å². The van der Waals surface area contributed by atoms with E-state index in [4.69, 9.17) is 42.9 Å². The van der Waals surface area contributed by atoms with E-state index in [2.05, 4.69) is 0 Å². The molecule has 6 aromatic rings. The molecule has 0 atom stereocenters. The SMILES string of the molecule is COc1ccc(-n2c3nc4ccccc4nc3c3c(=O)n(Cc4ccc(Cl)cc4)c(C)nc32)cc1Cl. The van der Waals surface area contributed by atoms with Crippen LogP contribution in [0.1, 0.15) is 11.4 Å². The van der Waals surface area contributed by atoms with Crippen LogP contribution < -0.4 is 10.3 Å². The number of fused-ring (bicyclic) bond motifs is 4. The summed E-state index contributed by atoms with van der Waals surface area (Å²) in [4.78, 5) is 28.6. The third-order valence-corrected chi connectivity index (χ3v) is 6.75. The molecule has 0 amide bonds. The van der Waals surface area contributed by atoms with Crippen LogP contribution in [0.15, 0.2) is 71.5 Å². The van der Waals surface area contributed by atoms with Crippen LogP contribution in [-0.2, 0) is 6.54 Å². The Balaban J connectivity index is 1.69. The van der Waals surface area contributed by atoms with Gasteiger partial charge in [-0.15, -0.1) is 0 Å². The van der Waals surface area contributed by atoms with E-state index in [1.807, 2.05) is 54.0 Å². The van der Waals surface area contributed by atoms with Gasteiger partial charge < -0.3 is 4.74 Å².